The molecule has 120 valence electrons. The predicted molar refractivity (Wildman–Crippen MR) is 88.1 cm³/mol. The van der Waals surface area contributed by atoms with Gasteiger partial charge in [0.25, 0.3) is 5.91 Å². The second-order valence-electron chi connectivity index (χ2n) is 5.38. The summed E-state index contributed by atoms with van der Waals surface area (Å²) in [6.45, 7) is 4.24. The van der Waals surface area contributed by atoms with Crippen molar-refractivity contribution in [3.8, 4) is 5.75 Å². The Morgan fingerprint density at radius 1 is 1.17 bits per heavy atom. The minimum Gasteiger partial charge on any atom is -0.494 e. The van der Waals surface area contributed by atoms with E-state index in [9.17, 15) is 4.79 Å². The number of hydrogen-bond acceptors (Lipinski definition) is 5. The highest BCUT2D eigenvalue weighted by Crippen LogP contribution is 2.18. The number of hydrogen-bond donors (Lipinski definition) is 1. The molecule has 1 aromatic heterocycles. The second kappa shape index (κ2) is 7.09. The molecule has 2 heterocycles. The van der Waals surface area contributed by atoms with Crippen LogP contribution in [-0.4, -0.2) is 40.5 Å². The molecular formula is C17H20N4O2. The number of carbonyl (C=O) groups excluding carboxylic acids is 1. The lowest BCUT2D eigenvalue weighted by molar-refractivity contribution is 0.0792. The summed E-state index contributed by atoms with van der Waals surface area (Å²) in [7, 11) is 0. The lowest BCUT2D eigenvalue weighted by Crippen LogP contribution is -2.27. The summed E-state index contributed by atoms with van der Waals surface area (Å²) < 4.78 is 5.40. The highest BCUT2D eigenvalue weighted by Gasteiger charge is 2.19. The van der Waals surface area contributed by atoms with Gasteiger partial charge in [0.2, 0.25) is 5.95 Å². The van der Waals surface area contributed by atoms with E-state index < -0.39 is 0 Å². The van der Waals surface area contributed by atoms with Crippen LogP contribution in [0.15, 0.2) is 36.7 Å². The number of carbonyl (C=O) groups is 1. The molecule has 1 aliphatic rings. The number of benzene rings is 1. The number of anilines is 2. The third-order valence-corrected chi connectivity index (χ3v) is 3.71. The quantitative estimate of drug-likeness (QED) is 0.919. The largest absolute Gasteiger partial charge is 0.494 e. The van der Waals surface area contributed by atoms with E-state index >= 15 is 0 Å². The molecule has 6 nitrogen and oxygen atoms in total. The minimum atomic E-state index is 0.00937. The minimum absolute atomic E-state index is 0.00937. The van der Waals surface area contributed by atoms with E-state index in [1.807, 2.05) is 36.1 Å². The lowest BCUT2D eigenvalue weighted by Gasteiger charge is -2.14. The van der Waals surface area contributed by atoms with Crippen molar-refractivity contribution in [2.45, 2.75) is 19.8 Å². The fourth-order valence-electron chi connectivity index (χ4n) is 2.54. The molecule has 0 saturated carbocycles. The maximum atomic E-state index is 12.2. The predicted octanol–water partition coefficient (Wildman–Crippen LogP) is 2.85. The highest BCUT2D eigenvalue weighted by molar-refractivity contribution is 5.93. The van der Waals surface area contributed by atoms with Crippen LogP contribution in [0.4, 0.5) is 11.6 Å². The van der Waals surface area contributed by atoms with Gasteiger partial charge in [-0.25, -0.2) is 9.97 Å². The molecule has 0 bridgehead atoms. The van der Waals surface area contributed by atoms with Crippen molar-refractivity contribution in [2.24, 2.45) is 0 Å². The van der Waals surface area contributed by atoms with Gasteiger partial charge in [0.15, 0.2) is 0 Å². The molecule has 3 rings (SSSR count). The summed E-state index contributed by atoms with van der Waals surface area (Å²) in [4.78, 5) is 22.5. The molecule has 23 heavy (non-hydrogen) atoms. The fourth-order valence-corrected chi connectivity index (χ4v) is 2.54. The Morgan fingerprint density at radius 2 is 1.83 bits per heavy atom. The number of likely N-dealkylation sites (tertiary alicyclic amines) is 1. The molecule has 1 saturated heterocycles. The molecule has 1 aliphatic heterocycles. The second-order valence-corrected chi connectivity index (χ2v) is 5.38. The Labute approximate surface area is 135 Å². The van der Waals surface area contributed by atoms with Crippen molar-refractivity contribution in [3.63, 3.8) is 0 Å². The van der Waals surface area contributed by atoms with Crippen molar-refractivity contribution < 1.29 is 9.53 Å². The highest BCUT2D eigenvalue weighted by atomic mass is 16.5. The molecule has 0 radical (unpaired) electrons. The van der Waals surface area contributed by atoms with Crippen molar-refractivity contribution in [2.75, 3.05) is 25.0 Å². The summed E-state index contributed by atoms with van der Waals surface area (Å²) >= 11 is 0. The van der Waals surface area contributed by atoms with Crippen LogP contribution in [0, 0.1) is 0 Å². The first-order chi connectivity index (χ1) is 11.3. The van der Waals surface area contributed by atoms with Crippen LogP contribution in [0.5, 0.6) is 5.75 Å². The number of rotatable bonds is 5. The van der Waals surface area contributed by atoms with Crippen LogP contribution in [-0.2, 0) is 0 Å². The Kier molecular flexibility index (Phi) is 4.71. The number of nitrogens with one attached hydrogen (secondary N) is 1. The van der Waals surface area contributed by atoms with Gasteiger partial charge < -0.3 is 15.0 Å². The maximum absolute atomic E-state index is 12.2. The van der Waals surface area contributed by atoms with E-state index in [1.54, 1.807) is 12.4 Å². The van der Waals surface area contributed by atoms with Crippen LogP contribution in [0.1, 0.15) is 30.1 Å². The Hall–Kier alpha value is -2.63. The molecule has 0 atom stereocenters. The van der Waals surface area contributed by atoms with Gasteiger partial charge in [-0.15, -0.1) is 0 Å². The number of amides is 1. The van der Waals surface area contributed by atoms with Gasteiger partial charge in [-0.05, 0) is 44.0 Å². The van der Waals surface area contributed by atoms with Crippen LogP contribution in [0.2, 0.25) is 0 Å². The third kappa shape index (κ3) is 3.77. The monoisotopic (exact) mass is 312 g/mol. The van der Waals surface area contributed by atoms with Crippen LogP contribution in [0.3, 0.4) is 0 Å². The van der Waals surface area contributed by atoms with E-state index in [0.29, 0.717) is 18.1 Å². The summed E-state index contributed by atoms with van der Waals surface area (Å²) in [5, 5.41) is 3.11. The molecule has 6 heteroatoms. The molecular weight excluding hydrogens is 292 g/mol. The van der Waals surface area contributed by atoms with E-state index in [0.717, 1.165) is 37.4 Å². The van der Waals surface area contributed by atoms with Gasteiger partial charge in [0.05, 0.1) is 12.2 Å². The van der Waals surface area contributed by atoms with Gasteiger partial charge >= 0.3 is 0 Å². The first kappa shape index (κ1) is 15.3. The molecule has 1 fully saturated rings. The number of nitrogens with zero attached hydrogens (tertiary/aromatic N) is 3. The van der Waals surface area contributed by atoms with Crippen LogP contribution >= 0.6 is 0 Å². The van der Waals surface area contributed by atoms with Gasteiger partial charge in [-0.1, -0.05) is 0 Å². The topological polar surface area (TPSA) is 67.3 Å². The maximum Gasteiger partial charge on any atom is 0.256 e. The van der Waals surface area contributed by atoms with Crippen molar-refractivity contribution in [1.29, 1.82) is 0 Å². The summed E-state index contributed by atoms with van der Waals surface area (Å²) in [6, 6.07) is 7.57. The van der Waals surface area contributed by atoms with Gasteiger partial charge in [0.1, 0.15) is 5.75 Å². The Morgan fingerprint density at radius 3 is 2.43 bits per heavy atom. The van der Waals surface area contributed by atoms with E-state index in [4.69, 9.17) is 4.74 Å². The van der Waals surface area contributed by atoms with Gasteiger partial charge in [0, 0.05) is 31.2 Å². The van der Waals surface area contributed by atoms with E-state index in [1.165, 1.54) is 0 Å². The van der Waals surface area contributed by atoms with Crippen molar-refractivity contribution in [3.05, 3.63) is 42.2 Å². The number of aromatic nitrogens is 2. The molecule has 1 amide bonds. The van der Waals surface area contributed by atoms with Crippen LogP contribution < -0.4 is 10.1 Å². The summed E-state index contributed by atoms with van der Waals surface area (Å²) in [6.07, 6.45) is 5.29. The fraction of sp³-hybridized carbons (Fsp3) is 0.353. The molecule has 1 N–H and O–H groups in total. The zero-order valence-electron chi connectivity index (χ0n) is 13.2. The molecule has 1 aromatic carbocycles. The Balaban J connectivity index is 1.63. The molecule has 0 aliphatic carbocycles. The molecule has 0 unspecified atom stereocenters. The third-order valence-electron chi connectivity index (χ3n) is 3.71. The zero-order valence-corrected chi connectivity index (χ0v) is 13.2. The van der Waals surface area contributed by atoms with Crippen LogP contribution in [0.25, 0.3) is 0 Å². The molecule has 2 aromatic rings. The zero-order chi connectivity index (χ0) is 16.1. The Bertz CT molecular complexity index is 649. The summed E-state index contributed by atoms with van der Waals surface area (Å²) in [5.74, 6) is 1.30. The number of ether oxygens (including phenoxy) is 1. The average molecular weight is 312 g/mol. The van der Waals surface area contributed by atoms with Crippen molar-refractivity contribution >= 4 is 17.5 Å². The normalized spacial score (nSPS) is 13.9. The lowest BCUT2D eigenvalue weighted by atomic mass is 10.3. The van der Waals surface area contributed by atoms with Gasteiger partial charge in [-0.2, -0.15) is 0 Å². The smallest absolute Gasteiger partial charge is 0.256 e. The standard InChI is InChI=1S/C17H20N4O2/c1-2-23-15-7-5-14(6-8-15)20-17-18-11-13(12-19-17)16(22)21-9-3-4-10-21/h5-8,11-12H,2-4,9-10H2,1H3,(H,18,19,20). The van der Waals surface area contributed by atoms with E-state index in [-0.39, 0.29) is 5.91 Å². The first-order valence-corrected chi connectivity index (χ1v) is 7.87. The van der Waals surface area contributed by atoms with E-state index in [2.05, 4.69) is 15.3 Å². The van der Waals surface area contributed by atoms with Gasteiger partial charge in [-0.3, -0.25) is 4.79 Å². The first-order valence-electron chi connectivity index (χ1n) is 7.87. The van der Waals surface area contributed by atoms with Crippen molar-refractivity contribution in [1.82, 2.24) is 14.9 Å². The average Bonchev–Trinajstić information content (AvgIpc) is 3.11. The molecule has 0 spiro atoms. The summed E-state index contributed by atoms with van der Waals surface area (Å²) in [5.41, 5.74) is 1.40. The SMILES string of the molecule is CCOc1ccc(Nc2ncc(C(=O)N3CCCC3)cn2)cc1.